The summed E-state index contributed by atoms with van der Waals surface area (Å²) in [4.78, 5) is 23.9. The molecule has 2 aliphatic rings. The topological polar surface area (TPSA) is 76.3 Å². The molecule has 4 rings (SSSR count). The summed E-state index contributed by atoms with van der Waals surface area (Å²) >= 11 is 0. The van der Waals surface area contributed by atoms with Crippen LogP contribution in [0.3, 0.4) is 0 Å². The lowest BCUT2D eigenvalue weighted by atomic mass is 10.1. The van der Waals surface area contributed by atoms with E-state index in [1.54, 1.807) is 10.6 Å². The number of amides is 2. The summed E-state index contributed by atoms with van der Waals surface area (Å²) in [5, 5.41) is 5.97. The van der Waals surface area contributed by atoms with E-state index < -0.39 is 0 Å². The average molecular weight is 315 g/mol. The molecule has 1 heterocycles. The van der Waals surface area contributed by atoms with Gasteiger partial charge in [0, 0.05) is 19.1 Å². The maximum absolute atomic E-state index is 12.1. The van der Waals surface area contributed by atoms with Gasteiger partial charge >= 0.3 is 11.8 Å². The maximum Gasteiger partial charge on any atom is 0.420 e. The van der Waals surface area contributed by atoms with Crippen molar-refractivity contribution in [3.63, 3.8) is 0 Å². The van der Waals surface area contributed by atoms with Crippen LogP contribution in [0.25, 0.3) is 11.1 Å². The van der Waals surface area contributed by atoms with Crippen LogP contribution < -0.4 is 16.4 Å². The van der Waals surface area contributed by atoms with Gasteiger partial charge in [-0.1, -0.05) is 12.1 Å². The van der Waals surface area contributed by atoms with Gasteiger partial charge in [-0.25, -0.2) is 9.59 Å². The predicted molar refractivity (Wildman–Crippen MR) is 86.2 cm³/mol. The molecule has 6 nitrogen and oxygen atoms in total. The third kappa shape index (κ3) is 3.11. The van der Waals surface area contributed by atoms with E-state index in [2.05, 4.69) is 10.6 Å². The second-order valence-corrected chi connectivity index (χ2v) is 6.59. The molecule has 0 aliphatic heterocycles. The second-order valence-electron chi connectivity index (χ2n) is 6.59. The fourth-order valence-corrected chi connectivity index (χ4v) is 3.24. The monoisotopic (exact) mass is 315 g/mol. The Balaban J connectivity index is 1.33. The minimum Gasteiger partial charge on any atom is -0.408 e. The molecule has 2 fully saturated rings. The quantitative estimate of drug-likeness (QED) is 0.857. The first-order chi connectivity index (χ1) is 11.2. The SMILES string of the molecule is O=C(NCCn1c(=O)oc2ccccc21)NC(C1CC1)C1CC1. The number of hydrogen-bond donors (Lipinski definition) is 2. The first-order valence-corrected chi connectivity index (χ1v) is 8.35. The van der Waals surface area contributed by atoms with Gasteiger partial charge in [0.05, 0.1) is 5.52 Å². The van der Waals surface area contributed by atoms with Crippen LogP contribution in [0.2, 0.25) is 0 Å². The standard InChI is InChI=1S/C17H21N3O3/c21-16(19-15(11-5-6-11)12-7-8-12)18-9-10-20-13-3-1-2-4-14(13)23-17(20)22/h1-4,11-12,15H,5-10H2,(H2,18,19,21). The average Bonchev–Trinajstić information content (AvgIpc) is 3.44. The van der Waals surface area contributed by atoms with Gasteiger partial charge in [-0.3, -0.25) is 4.57 Å². The zero-order valence-corrected chi connectivity index (χ0v) is 13.0. The zero-order chi connectivity index (χ0) is 15.8. The highest BCUT2D eigenvalue weighted by Gasteiger charge is 2.42. The Morgan fingerprint density at radius 2 is 1.91 bits per heavy atom. The lowest BCUT2D eigenvalue weighted by Crippen LogP contribution is -2.45. The highest BCUT2D eigenvalue weighted by molar-refractivity contribution is 5.74. The van der Waals surface area contributed by atoms with E-state index in [0.717, 1.165) is 5.52 Å². The summed E-state index contributed by atoms with van der Waals surface area (Å²) in [6.07, 6.45) is 4.94. The van der Waals surface area contributed by atoms with Crippen molar-refractivity contribution in [3.05, 3.63) is 34.8 Å². The van der Waals surface area contributed by atoms with Crippen LogP contribution in [0.4, 0.5) is 4.79 Å². The molecule has 0 radical (unpaired) electrons. The van der Waals surface area contributed by atoms with Crippen molar-refractivity contribution in [1.82, 2.24) is 15.2 Å². The number of aromatic nitrogens is 1. The molecular formula is C17H21N3O3. The first kappa shape index (κ1) is 14.4. The van der Waals surface area contributed by atoms with Gasteiger partial charge in [0.25, 0.3) is 0 Å². The molecule has 0 bridgehead atoms. The number of nitrogens with one attached hydrogen (secondary N) is 2. The van der Waals surface area contributed by atoms with Gasteiger partial charge in [-0.15, -0.1) is 0 Å². The smallest absolute Gasteiger partial charge is 0.408 e. The first-order valence-electron chi connectivity index (χ1n) is 8.35. The van der Waals surface area contributed by atoms with Crippen molar-refractivity contribution in [2.45, 2.75) is 38.3 Å². The Morgan fingerprint density at radius 1 is 1.22 bits per heavy atom. The third-order valence-electron chi connectivity index (χ3n) is 4.75. The van der Waals surface area contributed by atoms with Crippen LogP contribution in [0, 0.1) is 11.8 Å². The Morgan fingerprint density at radius 3 is 2.61 bits per heavy atom. The Kier molecular flexibility index (Phi) is 3.59. The molecule has 2 N–H and O–H groups in total. The Labute approximate surface area is 133 Å². The van der Waals surface area contributed by atoms with Crippen LogP contribution in [-0.4, -0.2) is 23.2 Å². The minimum atomic E-state index is -0.387. The molecule has 2 amide bonds. The summed E-state index contributed by atoms with van der Waals surface area (Å²) in [6.45, 7) is 0.804. The minimum absolute atomic E-state index is 0.130. The number of oxazole rings is 1. The number of carbonyl (C=O) groups is 1. The second kappa shape index (κ2) is 5.76. The molecule has 2 saturated carbocycles. The number of benzene rings is 1. The van der Waals surface area contributed by atoms with Gasteiger partial charge < -0.3 is 15.1 Å². The number of fused-ring (bicyclic) bond motifs is 1. The number of carbonyl (C=O) groups excluding carboxylic acids is 1. The van der Waals surface area contributed by atoms with Crippen LogP contribution >= 0.6 is 0 Å². The predicted octanol–water partition coefficient (Wildman–Crippen LogP) is 2.08. The molecule has 0 saturated heterocycles. The van der Waals surface area contributed by atoms with Crippen LogP contribution in [-0.2, 0) is 6.54 Å². The molecule has 122 valence electrons. The van der Waals surface area contributed by atoms with Crippen LogP contribution in [0.1, 0.15) is 25.7 Å². The van der Waals surface area contributed by atoms with Crippen molar-refractivity contribution in [3.8, 4) is 0 Å². The fourth-order valence-electron chi connectivity index (χ4n) is 3.24. The summed E-state index contributed by atoms with van der Waals surface area (Å²) in [7, 11) is 0. The molecule has 0 atom stereocenters. The number of urea groups is 1. The number of para-hydroxylation sites is 2. The van der Waals surface area contributed by atoms with E-state index >= 15 is 0 Å². The van der Waals surface area contributed by atoms with Gasteiger partial charge in [0.15, 0.2) is 5.58 Å². The Hall–Kier alpha value is -2.24. The number of rotatable bonds is 6. The van der Waals surface area contributed by atoms with E-state index in [0.29, 0.717) is 36.6 Å². The molecule has 6 heteroatoms. The lowest BCUT2D eigenvalue weighted by molar-refractivity contribution is 0.232. The van der Waals surface area contributed by atoms with E-state index in [1.807, 2.05) is 18.2 Å². The molecule has 1 aromatic heterocycles. The maximum atomic E-state index is 12.1. The van der Waals surface area contributed by atoms with Crippen molar-refractivity contribution >= 4 is 17.1 Å². The van der Waals surface area contributed by atoms with E-state index in [-0.39, 0.29) is 11.8 Å². The summed E-state index contributed by atoms with van der Waals surface area (Å²) in [5.41, 5.74) is 1.33. The third-order valence-corrected chi connectivity index (χ3v) is 4.75. The van der Waals surface area contributed by atoms with Crippen LogP contribution in [0.5, 0.6) is 0 Å². The van der Waals surface area contributed by atoms with Gasteiger partial charge in [0.2, 0.25) is 0 Å². The molecule has 0 spiro atoms. The van der Waals surface area contributed by atoms with Crippen molar-refractivity contribution in [2.24, 2.45) is 11.8 Å². The molecular weight excluding hydrogens is 294 g/mol. The molecule has 0 unspecified atom stereocenters. The molecule has 1 aromatic carbocycles. The van der Waals surface area contributed by atoms with Gasteiger partial charge in [-0.2, -0.15) is 0 Å². The van der Waals surface area contributed by atoms with Crippen molar-refractivity contribution in [2.75, 3.05) is 6.54 Å². The fraction of sp³-hybridized carbons (Fsp3) is 0.529. The highest BCUT2D eigenvalue weighted by Crippen LogP contribution is 2.44. The summed E-state index contributed by atoms with van der Waals surface area (Å²) < 4.78 is 6.73. The Bertz CT molecular complexity index is 759. The van der Waals surface area contributed by atoms with Crippen molar-refractivity contribution < 1.29 is 9.21 Å². The number of hydrogen-bond acceptors (Lipinski definition) is 3. The van der Waals surface area contributed by atoms with Gasteiger partial charge in [0.1, 0.15) is 0 Å². The van der Waals surface area contributed by atoms with Crippen LogP contribution in [0.15, 0.2) is 33.5 Å². The lowest BCUT2D eigenvalue weighted by Gasteiger charge is -2.18. The van der Waals surface area contributed by atoms with E-state index in [4.69, 9.17) is 4.42 Å². The molecule has 2 aromatic rings. The number of nitrogens with zero attached hydrogens (tertiary/aromatic N) is 1. The largest absolute Gasteiger partial charge is 0.420 e. The van der Waals surface area contributed by atoms with E-state index in [9.17, 15) is 9.59 Å². The molecule has 2 aliphatic carbocycles. The van der Waals surface area contributed by atoms with E-state index in [1.165, 1.54) is 25.7 Å². The highest BCUT2D eigenvalue weighted by atomic mass is 16.4. The van der Waals surface area contributed by atoms with Gasteiger partial charge in [-0.05, 0) is 49.7 Å². The molecule has 23 heavy (non-hydrogen) atoms. The normalized spacial score (nSPS) is 17.6. The van der Waals surface area contributed by atoms with Crippen molar-refractivity contribution in [1.29, 1.82) is 0 Å². The summed E-state index contributed by atoms with van der Waals surface area (Å²) in [5.74, 6) is 0.963. The zero-order valence-electron chi connectivity index (χ0n) is 13.0. The summed E-state index contributed by atoms with van der Waals surface area (Å²) in [6, 6.07) is 7.52.